The van der Waals surface area contributed by atoms with Crippen molar-refractivity contribution in [3.05, 3.63) is 54.0 Å². The van der Waals surface area contributed by atoms with E-state index in [1.54, 1.807) is 12.3 Å². The van der Waals surface area contributed by atoms with Crippen LogP contribution in [0.5, 0.6) is 5.88 Å². The molecule has 0 radical (unpaired) electrons. The van der Waals surface area contributed by atoms with Crippen LogP contribution in [0.15, 0.2) is 42.6 Å². The highest BCUT2D eigenvalue weighted by atomic mass is 16.5. The number of ether oxygens (including phenoxy) is 1. The van der Waals surface area contributed by atoms with Gasteiger partial charge in [0.1, 0.15) is 5.82 Å². The van der Waals surface area contributed by atoms with Gasteiger partial charge in [-0.2, -0.15) is 4.98 Å². The van der Waals surface area contributed by atoms with Gasteiger partial charge in [0.05, 0.1) is 6.61 Å². The summed E-state index contributed by atoms with van der Waals surface area (Å²) in [5.41, 5.74) is 1.30. The van der Waals surface area contributed by atoms with Crippen molar-refractivity contribution in [2.24, 2.45) is 0 Å². The molecule has 0 saturated carbocycles. The van der Waals surface area contributed by atoms with E-state index in [1.807, 2.05) is 13.0 Å². The third-order valence-corrected chi connectivity index (χ3v) is 2.67. The zero-order valence-corrected chi connectivity index (χ0v) is 11.2. The van der Waals surface area contributed by atoms with Crippen LogP contribution in [0.2, 0.25) is 0 Å². The normalized spacial score (nSPS) is 10.4. The summed E-state index contributed by atoms with van der Waals surface area (Å²) >= 11 is 0. The van der Waals surface area contributed by atoms with E-state index in [2.05, 4.69) is 39.6 Å². The number of nitrogens with one attached hydrogen (secondary N) is 1. The maximum Gasteiger partial charge on any atom is 0.216 e. The molecule has 0 bridgehead atoms. The van der Waals surface area contributed by atoms with Crippen molar-refractivity contribution >= 4 is 0 Å². The summed E-state index contributed by atoms with van der Waals surface area (Å²) in [7, 11) is 0. The number of hydrogen-bond acceptors (Lipinski definition) is 4. The van der Waals surface area contributed by atoms with Gasteiger partial charge in [0.25, 0.3) is 0 Å². The maximum atomic E-state index is 5.55. The summed E-state index contributed by atoms with van der Waals surface area (Å²) in [6, 6.07) is 12.2. The largest absolute Gasteiger partial charge is 0.478 e. The Kier molecular flexibility index (Phi) is 5.31. The minimum absolute atomic E-state index is 0.649. The predicted molar refractivity (Wildman–Crippen MR) is 75.0 cm³/mol. The van der Waals surface area contributed by atoms with Crippen molar-refractivity contribution in [1.82, 2.24) is 15.3 Å². The van der Waals surface area contributed by atoms with Crippen LogP contribution in [0, 0.1) is 6.92 Å². The molecule has 1 aromatic carbocycles. The lowest BCUT2D eigenvalue weighted by atomic mass is 10.2. The standard InChI is InChI=1S/C15H19N3O/c1-13-17-10-8-15(18-13)19-11-5-9-16-12-14-6-3-2-4-7-14/h2-4,6-8,10,16H,5,9,11-12H2,1H3. The second-order valence-electron chi connectivity index (χ2n) is 4.31. The molecule has 0 unspecified atom stereocenters. The van der Waals surface area contributed by atoms with Gasteiger partial charge in [0.2, 0.25) is 5.88 Å². The fourth-order valence-electron chi connectivity index (χ4n) is 1.72. The van der Waals surface area contributed by atoms with Gasteiger partial charge in [-0.25, -0.2) is 4.98 Å². The van der Waals surface area contributed by atoms with Crippen LogP contribution in [0.4, 0.5) is 0 Å². The third kappa shape index (κ3) is 5.06. The van der Waals surface area contributed by atoms with Gasteiger partial charge in [0, 0.05) is 18.8 Å². The molecule has 100 valence electrons. The number of rotatable bonds is 7. The Labute approximate surface area is 113 Å². The minimum atomic E-state index is 0.649. The van der Waals surface area contributed by atoms with Gasteiger partial charge in [-0.3, -0.25) is 0 Å². The first kappa shape index (κ1) is 13.5. The summed E-state index contributed by atoms with van der Waals surface area (Å²) in [4.78, 5) is 8.21. The Balaban J connectivity index is 1.58. The van der Waals surface area contributed by atoms with Crippen LogP contribution in [0.25, 0.3) is 0 Å². The number of hydrogen-bond donors (Lipinski definition) is 1. The number of aromatic nitrogens is 2. The van der Waals surface area contributed by atoms with E-state index >= 15 is 0 Å². The van der Waals surface area contributed by atoms with E-state index in [-0.39, 0.29) is 0 Å². The van der Waals surface area contributed by atoms with Crippen LogP contribution in [-0.4, -0.2) is 23.1 Å². The quantitative estimate of drug-likeness (QED) is 0.773. The van der Waals surface area contributed by atoms with Crippen molar-refractivity contribution < 1.29 is 4.74 Å². The van der Waals surface area contributed by atoms with E-state index in [0.717, 1.165) is 25.3 Å². The molecular weight excluding hydrogens is 238 g/mol. The van der Waals surface area contributed by atoms with Crippen molar-refractivity contribution in [3.63, 3.8) is 0 Å². The minimum Gasteiger partial charge on any atom is -0.478 e. The van der Waals surface area contributed by atoms with Gasteiger partial charge in [-0.05, 0) is 25.5 Å². The maximum absolute atomic E-state index is 5.55. The smallest absolute Gasteiger partial charge is 0.216 e. The Morgan fingerprint density at radius 3 is 2.79 bits per heavy atom. The van der Waals surface area contributed by atoms with E-state index in [1.165, 1.54) is 5.56 Å². The summed E-state index contributed by atoms with van der Waals surface area (Å²) in [6.45, 7) is 4.35. The van der Waals surface area contributed by atoms with E-state index in [4.69, 9.17) is 4.74 Å². The lowest BCUT2D eigenvalue weighted by molar-refractivity contribution is 0.295. The molecule has 1 heterocycles. The highest BCUT2D eigenvalue weighted by Crippen LogP contribution is 2.04. The van der Waals surface area contributed by atoms with Gasteiger partial charge in [-0.15, -0.1) is 0 Å². The molecular formula is C15H19N3O. The van der Waals surface area contributed by atoms with Crippen LogP contribution in [0.3, 0.4) is 0 Å². The second-order valence-corrected chi connectivity index (χ2v) is 4.31. The first-order chi connectivity index (χ1) is 9.34. The molecule has 4 nitrogen and oxygen atoms in total. The molecule has 2 aromatic rings. The first-order valence-corrected chi connectivity index (χ1v) is 6.52. The van der Waals surface area contributed by atoms with E-state index < -0.39 is 0 Å². The Morgan fingerprint density at radius 2 is 2.00 bits per heavy atom. The molecule has 0 aliphatic heterocycles. The number of aryl methyl sites for hydroxylation is 1. The van der Waals surface area contributed by atoms with Gasteiger partial charge in [-0.1, -0.05) is 30.3 Å². The summed E-state index contributed by atoms with van der Waals surface area (Å²) in [5, 5.41) is 3.39. The molecule has 1 N–H and O–H groups in total. The molecule has 0 aliphatic carbocycles. The Morgan fingerprint density at radius 1 is 1.16 bits per heavy atom. The molecule has 0 spiro atoms. The van der Waals surface area contributed by atoms with Crippen molar-refractivity contribution in [2.75, 3.05) is 13.2 Å². The fraction of sp³-hybridized carbons (Fsp3) is 0.333. The highest BCUT2D eigenvalue weighted by molar-refractivity contribution is 5.14. The number of nitrogens with zero attached hydrogens (tertiary/aromatic N) is 2. The summed E-state index contributed by atoms with van der Waals surface area (Å²) < 4.78 is 5.55. The number of benzene rings is 1. The monoisotopic (exact) mass is 257 g/mol. The SMILES string of the molecule is Cc1nccc(OCCCNCc2ccccc2)n1. The fourth-order valence-corrected chi connectivity index (χ4v) is 1.72. The van der Waals surface area contributed by atoms with Crippen LogP contribution < -0.4 is 10.1 Å². The van der Waals surface area contributed by atoms with Crippen LogP contribution >= 0.6 is 0 Å². The van der Waals surface area contributed by atoms with Gasteiger partial charge in [0.15, 0.2) is 0 Å². The van der Waals surface area contributed by atoms with Crippen molar-refractivity contribution in [1.29, 1.82) is 0 Å². The van der Waals surface area contributed by atoms with Gasteiger partial charge < -0.3 is 10.1 Å². The summed E-state index contributed by atoms with van der Waals surface area (Å²) in [6.07, 6.45) is 2.67. The molecule has 0 aliphatic rings. The third-order valence-electron chi connectivity index (χ3n) is 2.67. The first-order valence-electron chi connectivity index (χ1n) is 6.52. The average Bonchev–Trinajstić information content (AvgIpc) is 2.44. The molecule has 2 rings (SSSR count). The zero-order chi connectivity index (χ0) is 13.3. The zero-order valence-electron chi connectivity index (χ0n) is 11.2. The van der Waals surface area contributed by atoms with Crippen LogP contribution in [0.1, 0.15) is 17.8 Å². The molecule has 1 aromatic heterocycles. The highest BCUT2D eigenvalue weighted by Gasteiger charge is 1.96. The predicted octanol–water partition coefficient (Wildman–Crippen LogP) is 2.34. The van der Waals surface area contributed by atoms with Crippen molar-refractivity contribution in [2.45, 2.75) is 19.9 Å². The van der Waals surface area contributed by atoms with Crippen LogP contribution in [-0.2, 0) is 6.54 Å². The lowest BCUT2D eigenvalue weighted by Crippen LogP contribution is -2.17. The Bertz CT molecular complexity index is 488. The Hall–Kier alpha value is -1.94. The summed E-state index contributed by atoms with van der Waals surface area (Å²) in [5.74, 6) is 1.38. The molecule has 0 amide bonds. The molecule has 0 fully saturated rings. The van der Waals surface area contributed by atoms with E-state index in [0.29, 0.717) is 12.5 Å². The molecule has 0 saturated heterocycles. The van der Waals surface area contributed by atoms with Crippen molar-refractivity contribution in [3.8, 4) is 5.88 Å². The lowest BCUT2D eigenvalue weighted by Gasteiger charge is -2.07. The molecule has 19 heavy (non-hydrogen) atoms. The van der Waals surface area contributed by atoms with Gasteiger partial charge >= 0.3 is 0 Å². The topological polar surface area (TPSA) is 47.0 Å². The molecule has 4 heteroatoms. The second kappa shape index (κ2) is 7.48. The van der Waals surface area contributed by atoms with E-state index in [9.17, 15) is 0 Å². The molecule has 0 atom stereocenters. The average molecular weight is 257 g/mol.